The molecule has 0 spiro atoms. The van der Waals surface area contributed by atoms with Gasteiger partial charge in [0.05, 0.1) is 0 Å². The molecule has 4 nitrogen and oxygen atoms in total. The van der Waals surface area contributed by atoms with Crippen molar-refractivity contribution in [2.24, 2.45) is 0 Å². The minimum Gasteiger partial charge on any atom is -0.482 e. The van der Waals surface area contributed by atoms with Crippen LogP contribution < -0.4 is 4.74 Å². The largest absolute Gasteiger partial charge is 0.482 e. The average molecular weight is 412 g/mol. The van der Waals surface area contributed by atoms with Crippen LogP contribution in [0.5, 0.6) is 5.75 Å². The summed E-state index contributed by atoms with van der Waals surface area (Å²) >= 11 is 0. The number of benzene rings is 3. The van der Waals surface area contributed by atoms with Crippen LogP contribution in [0, 0.1) is 0 Å². The third-order valence-corrected chi connectivity index (χ3v) is 6.11. The molecule has 31 heavy (non-hydrogen) atoms. The molecule has 0 saturated carbocycles. The van der Waals surface area contributed by atoms with Crippen LogP contribution >= 0.6 is 0 Å². The van der Waals surface area contributed by atoms with Crippen molar-refractivity contribution in [3.05, 3.63) is 89.6 Å². The molecule has 1 heterocycles. The van der Waals surface area contributed by atoms with Crippen LogP contribution in [-0.2, 0) is 24.2 Å². The normalized spacial score (nSPS) is 13.2. The van der Waals surface area contributed by atoms with E-state index in [1.165, 1.54) is 46.1 Å². The number of aromatic nitrogens is 1. The number of hydrogen-bond donors (Lipinski definition) is 1. The van der Waals surface area contributed by atoms with E-state index < -0.39 is 5.97 Å². The van der Waals surface area contributed by atoms with Crippen molar-refractivity contribution in [3.8, 4) is 16.9 Å². The molecule has 1 aromatic heterocycles. The molecule has 1 aliphatic carbocycles. The van der Waals surface area contributed by atoms with Crippen molar-refractivity contribution in [2.75, 3.05) is 6.61 Å². The topological polar surface area (TPSA) is 51.5 Å². The Morgan fingerprint density at radius 3 is 2.42 bits per heavy atom. The maximum absolute atomic E-state index is 10.7. The molecule has 156 valence electrons. The summed E-state index contributed by atoms with van der Waals surface area (Å²) in [4.78, 5) is 10.7. The monoisotopic (exact) mass is 411 g/mol. The molecular weight excluding hydrogens is 386 g/mol. The number of rotatable bonds is 6. The highest BCUT2D eigenvalue weighted by Gasteiger charge is 2.20. The van der Waals surface area contributed by atoms with Crippen LogP contribution in [0.4, 0.5) is 0 Å². The second-order valence-corrected chi connectivity index (χ2v) is 8.14. The lowest BCUT2D eigenvalue weighted by Gasteiger charge is -2.16. The highest BCUT2D eigenvalue weighted by molar-refractivity contribution is 5.90. The number of nitrogens with zero attached hydrogens (tertiary/aromatic N) is 1. The molecule has 0 atom stereocenters. The van der Waals surface area contributed by atoms with Gasteiger partial charge in [-0.1, -0.05) is 48.5 Å². The Morgan fingerprint density at radius 1 is 0.903 bits per heavy atom. The van der Waals surface area contributed by atoms with Gasteiger partial charge in [-0.3, -0.25) is 0 Å². The van der Waals surface area contributed by atoms with Gasteiger partial charge in [-0.15, -0.1) is 0 Å². The highest BCUT2D eigenvalue weighted by Crippen LogP contribution is 2.35. The highest BCUT2D eigenvalue weighted by atomic mass is 16.5. The Labute approximate surface area is 181 Å². The molecule has 1 aliphatic rings. The summed E-state index contributed by atoms with van der Waals surface area (Å²) in [6, 6.07) is 25.1. The zero-order chi connectivity index (χ0) is 21.2. The van der Waals surface area contributed by atoms with Gasteiger partial charge in [0.25, 0.3) is 0 Å². The second-order valence-electron chi connectivity index (χ2n) is 8.14. The summed E-state index contributed by atoms with van der Waals surface area (Å²) in [5.74, 6) is -0.405. The molecule has 0 fully saturated rings. The number of carboxylic acid groups (broad SMARTS) is 1. The minimum absolute atomic E-state index is 0.327. The van der Waals surface area contributed by atoms with Gasteiger partial charge in [-0.05, 0) is 72.2 Å². The summed E-state index contributed by atoms with van der Waals surface area (Å²) in [5.41, 5.74) is 7.89. The van der Waals surface area contributed by atoms with E-state index in [2.05, 4.69) is 53.1 Å². The first-order valence-electron chi connectivity index (χ1n) is 10.8. The fraction of sp³-hybridized carbons (Fsp3) is 0.222. The average Bonchev–Trinajstić information content (AvgIpc) is 3.12. The van der Waals surface area contributed by atoms with Crippen LogP contribution in [0.1, 0.15) is 29.7 Å². The molecule has 0 amide bonds. The number of aryl methyl sites for hydroxylation is 1. The fourth-order valence-electron chi connectivity index (χ4n) is 4.65. The number of aliphatic carboxylic acids is 1. The molecule has 4 aromatic rings. The smallest absolute Gasteiger partial charge is 0.341 e. The van der Waals surface area contributed by atoms with Gasteiger partial charge in [0, 0.05) is 23.1 Å². The van der Waals surface area contributed by atoms with Gasteiger partial charge >= 0.3 is 5.97 Å². The Kier molecular flexibility index (Phi) is 5.21. The quantitative estimate of drug-likeness (QED) is 0.443. The standard InChI is InChI=1S/C27H25NO3/c29-27(30)18-31-22-13-10-20(11-14-22)21-12-15-26-24(16-21)23-8-4-5-9-25(23)28(26)17-19-6-2-1-3-7-19/h1-3,6-7,10-16H,4-5,8-9,17-18H2,(H,29,30). The lowest BCUT2D eigenvalue weighted by atomic mass is 9.94. The third-order valence-electron chi connectivity index (χ3n) is 6.11. The molecule has 5 rings (SSSR count). The number of carboxylic acids is 1. The Bertz CT molecular complexity index is 1220. The number of ether oxygens (including phenoxy) is 1. The Hall–Kier alpha value is -3.53. The molecule has 0 aliphatic heterocycles. The molecular formula is C27H25NO3. The number of hydrogen-bond acceptors (Lipinski definition) is 2. The van der Waals surface area contributed by atoms with E-state index in [-0.39, 0.29) is 6.61 Å². The molecule has 4 heteroatoms. The summed E-state index contributed by atoms with van der Waals surface area (Å²) in [7, 11) is 0. The van der Waals surface area contributed by atoms with Crippen molar-refractivity contribution < 1.29 is 14.6 Å². The maximum Gasteiger partial charge on any atom is 0.341 e. The number of fused-ring (bicyclic) bond motifs is 3. The fourth-order valence-corrected chi connectivity index (χ4v) is 4.65. The predicted molar refractivity (Wildman–Crippen MR) is 123 cm³/mol. The van der Waals surface area contributed by atoms with Crippen LogP contribution in [-0.4, -0.2) is 22.2 Å². The van der Waals surface area contributed by atoms with Crippen molar-refractivity contribution in [1.29, 1.82) is 0 Å². The first-order valence-corrected chi connectivity index (χ1v) is 10.8. The predicted octanol–water partition coefficient (Wildman–Crippen LogP) is 5.70. The van der Waals surface area contributed by atoms with Crippen molar-refractivity contribution in [1.82, 2.24) is 4.57 Å². The van der Waals surface area contributed by atoms with Crippen molar-refractivity contribution in [3.63, 3.8) is 0 Å². The molecule has 0 unspecified atom stereocenters. The van der Waals surface area contributed by atoms with Gasteiger partial charge in [-0.2, -0.15) is 0 Å². The van der Waals surface area contributed by atoms with E-state index in [0.717, 1.165) is 24.9 Å². The number of carbonyl (C=O) groups is 1. The first kappa shape index (κ1) is 19.4. The third kappa shape index (κ3) is 3.93. The second kappa shape index (κ2) is 8.31. The zero-order valence-electron chi connectivity index (χ0n) is 17.4. The van der Waals surface area contributed by atoms with Gasteiger partial charge < -0.3 is 14.4 Å². The summed E-state index contributed by atoms with van der Waals surface area (Å²) in [6.45, 7) is 0.577. The van der Waals surface area contributed by atoms with Crippen molar-refractivity contribution >= 4 is 16.9 Å². The van der Waals surface area contributed by atoms with E-state index >= 15 is 0 Å². The van der Waals surface area contributed by atoms with Gasteiger partial charge in [0.1, 0.15) is 5.75 Å². The maximum atomic E-state index is 10.7. The van der Waals surface area contributed by atoms with Gasteiger partial charge in [0.2, 0.25) is 0 Å². The first-order chi connectivity index (χ1) is 15.2. The molecule has 0 bridgehead atoms. The van der Waals surface area contributed by atoms with Crippen LogP contribution in [0.15, 0.2) is 72.8 Å². The van der Waals surface area contributed by atoms with Crippen LogP contribution in [0.3, 0.4) is 0 Å². The zero-order valence-corrected chi connectivity index (χ0v) is 17.4. The van der Waals surface area contributed by atoms with E-state index in [1.54, 1.807) is 0 Å². The van der Waals surface area contributed by atoms with Crippen LogP contribution in [0.2, 0.25) is 0 Å². The van der Waals surface area contributed by atoms with Gasteiger partial charge in [-0.25, -0.2) is 4.79 Å². The van der Waals surface area contributed by atoms with E-state index in [0.29, 0.717) is 5.75 Å². The Morgan fingerprint density at radius 2 is 1.65 bits per heavy atom. The molecule has 0 radical (unpaired) electrons. The minimum atomic E-state index is -0.973. The summed E-state index contributed by atoms with van der Waals surface area (Å²) in [5, 5.41) is 10.1. The Balaban J connectivity index is 1.52. The van der Waals surface area contributed by atoms with E-state index in [9.17, 15) is 4.79 Å². The molecule has 3 aromatic carbocycles. The van der Waals surface area contributed by atoms with Gasteiger partial charge in [0.15, 0.2) is 6.61 Å². The van der Waals surface area contributed by atoms with Crippen molar-refractivity contribution in [2.45, 2.75) is 32.2 Å². The molecule has 0 saturated heterocycles. The summed E-state index contributed by atoms with van der Waals surface area (Å²) < 4.78 is 7.77. The summed E-state index contributed by atoms with van der Waals surface area (Å²) in [6.07, 6.45) is 4.78. The lowest BCUT2D eigenvalue weighted by Crippen LogP contribution is -2.09. The lowest BCUT2D eigenvalue weighted by molar-refractivity contribution is -0.139. The molecule has 1 N–H and O–H groups in total. The van der Waals surface area contributed by atoms with E-state index in [1.807, 2.05) is 24.3 Å². The van der Waals surface area contributed by atoms with E-state index in [4.69, 9.17) is 9.84 Å². The SMILES string of the molecule is O=C(O)COc1ccc(-c2ccc3c(c2)c2c(n3Cc3ccccc3)CCCC2)cc1. The van der Waals surface area contributed by atoms with Crippen LogP contribution in [0.25, 0.3) is 22.0 Å².